The minimum Gasteiger partial charge on any atom is -0.507 e. The number of phenolic OH excluding ortho intramolecular Hbond substituents is 1. The van der Waals surface area contributed by atoms with Crippen LogP contribution in [0.1, 0.15) is 50.3 Å². The summed E-state index contributed by atoms with van der Waals surface area (Å²) in [4.78, 5) is 44.4. The number of carbonyl (C=O) groups is 2. The number of non-ortho nitro benzene ring substituents is 1. The van der Waals surface area contributed by atoms with E-state index in [4.69, 9.17) is 4.65 Å². The van der Waals surface area contributed by atoms with Gasteiger partial charge in [0.25, 0.3) is 5.69 Å². The summed E-state index contributed by atoms with van der Waals surface area (Å²) in [5.74, 6) is -2.37. The average molecular weight is 686 g/mol. The molecule has 0 bridgehead atoms. The topological polar surface area (TPSA) is 143 Å². The molecule has 1 aromatic heterocycles. The molecule has 12 heteroatoms. The Morgan fingerprint density at radius 1 is 1.15 bits per heavy atom. The maximum Gasteiger partial charge on any atom is 0.455 e. The van der Waals surface area contributed by atoms with Gasteiger partial charge in [0.05, 0.1) is 34.2 Å². The van der Waals surface area contributed by atoms with Gasteiger partial charge in [-0.3, -0.25) is 24.7 Å². The maximum atomic E-state index is 14.0. The van der Waals surface area contributed by atoms with E-state index in [2.05, 4.69) is 27.8 Å². The van der Waals surface area contributed by atoms with Crippen molar-refractivity contribution in [3.8, 4) is 5.75 Å². The first-order valence-electron chi connectivity index (χ1n) is 15.4. The van der Waals surface area contributed by atoms with Crippen molar-refractivity contribution in [1.82, 2.24) is 4.98 Å². The van der Waals surface area contributed by atoms with Crippen molar-refractivity contribution in [3.63, 3.8) is 0 Å². The third-order valence-corrected chi connectivity index (χ3v) is 9.64. The number of fused-ring (bicyclic) bond motifs is 3. The van der Waals surface area contributed by atoms with Gasteiger partial charge in [0.1, 0.15) is 5.75 Å². The van der Waals surface area contributed by atoms with Crippen LogP contribution in [0.25, 0.3) is 11.6 Å². The third kappa shape index (κ3) is 6.16. The zero-order valence-corrected chi connectivity index (χ0v) is 26.8. The van der Waals surface area contributed by atoms with Crippen molar-refractivity contribution in [2.75, 3.05) is 4.90 Å². The van der Waals surface area contributed by atoms with Gasteiger partial charge in [-0.2, -0.15) is 0 Å². The van der Waals surface area contributed by atoms with Crippen molar-refractivity contribution in [2.45, 2.75) is 51.5 Å². The number of benzene rings is 2. The molecule has 2 saturated heterocycles. The van der Waals surface area contributed by atoms with Crippen molar-refractivity contribution >= 4 is 57.9 Å². The van der Waals surface area contributed by atoms with E-state index in [1.54, 1.807) is 18.3 Å². The second-order valence-electron chi connectivity index (χ2n) is 12.0. The molecule has 0 spiro atoms. The molecule has 10 nitrogen and oxygen atoms in total. The zero-order chi connectivity index (χ0) is 32.5. The number of imide groups is 1. The summed E-state index contributed by atoms with van der Waals surface area (Å²) in [6, 6.07) is 16.4. The van der Waals surface area contributed by atoms with Crippen LogP contribution < -0.4 is 4.90 Å². The van der Waals surface area contributed by atoms with Crippen molar-refractivity contribution in [3.05, 3.63) is 104 Å². The summed E-state index contributed by atoms with van der Waals surface area (Å²) in [5.41, 5.74) is 4.26. The largest absolute Gasteiger partial charge is 0.507 e. The summed E-state index contributed by atoms with van der Waals surface area (Å²) < 4.78 is 7.00. The van der Waals surface area contributed by atoms with E-state index in [0.717, 1.165) is 44.6 Å². The molecular weight excluding hydrogens is 653 g/mol. The van der Waals surface area contributed by atoms with Gasteiger partial charge >= 0.3 is 7.12 Å². The van der Waals surface area contributed by atoms with Crippen molar-refractivity contribution in [1.29, 1.82) is 0 Å². The Bertz CT molecular complexity index is 1750. The van der Waals surface area contributed by atoms with Gasteiger partial charge in [-0.05, 0) is 91.5 Å². The van der Waals surface area contributed by atoms with Crippen LogP contribution in [0.5, 0.6) is 5.75 Å². The van der Waals surface area contributed by atoms with E-state index in [1.165, 1.54) is 24.3 Å². The highest BCUT2D eigenvalue weighted by atomic mass is 79.9. The number of nitro benzene ring substituents is 1. The minimum atomic E-state index is -1.13. The Hall–Kier alpha value is -4.13. The summed E-state index contributed by atoms with van der Waals surface area (Å²) in [6.45, 7) is 2.06. The smallest absolute Gasteiger partial charge is 0.455 e. The molecular formula is C34H33BBrN3O7. The highest BCUT2D eigenvalue weighted by Gasteiger charge is 2.57. The molecule has 46 heavy (non-hydrogen) atoms. The number of hydrogen-bond acceptors (Lipinski definition) is 8. The van der Waals surface area contributed by atoms with Crippen LogP contribution in [0.4, 0.5) is 11.4 Å². The number of phenols is 1. The first-order chi connectivity index (χ1) is 22.2. The number of allylic oxidation sites excluding steroid dienone is 2. The van der Waals surface area contributed by atoms with Gasteiger partial charge < -0.3 is 14.8 Å². The van der Waals surface area contributed by atoms with E-state index in [0.29, 0.717) is 24.8 Å². The van der Waals surface area contributed by atoms with Crippen LogP contribution >= 0.6 is 15.9 Å². The predicted octanol–water partition coefficient (Wildman–Crippen LogP) is 6.58. The van der Waals surface area contributed by atoms with Gasteiger partial charge in [0.15, 0.2) is 0 Å². The molecule has 3 aliphatic rings. The van der Waals surface area contributed by atoms with Gasteiger partial charge in [-0.25, -0.2) is 4.90 Å². The number of aromatic nitrogens is 1. The number of halogens is 1. The van der Waals surface area contributed by atoms with E-state index in [1.807, 2.05) is 30.3 Å². The molecule has 2 aromatic carbocycles. The number of aromatic hydroxyl groups is 1. The molecule has 2 aliphatic heterocycles. The normalized spacial score (nSPS) is 23.1. The average Bonchev–Trinajstić information content (AvgIpc) is 3.30. The highest BCUT2D eigenvalue weighted by Crippen LogP contribution is 2.52. The molecule has 2 amide bonds. The fourth-order valence-electron chi connectivity index (χ4n) is 7.24. The lowest BCUT2D eigenvalue weighted by Crippen LogP contribution is -2.46. The maximum absolute atomic E-state index is 14.0. The molecule has 0 radical (unpaired) electrons. The first-order valence-corrected chi connectivity index (χ1v) is 16.2. The minimum absolute atomic E-state index is 0.130. The van der Waals surface area contributed by atoms with E-state index in [-0.39, 0.29) is 29.4 Å². The number of hydrogen-bond donors (Lipinski definition) is 2. The second-order valence-corrected chi connectivity index (χ2v) is 12.9. The summed E-state index contributed by atoms with van der Waals surface area (Å²) in [5, 5.41) is 33.0. The van der Waals surface area contributed by atoms with Crippen LogP contribution in [-0.2, 0) is 14.2 Å². The Balaban J connectivity index is 1.34. The number of pyridine rings is 1. The SMILES string of the molecule is CCCC1=C2[C@@H](CC/C(=C/c3cc(Br)ccc3O)c3ccccn3)OB(O)C[C@@H]2[C@@H]2C(=O)N(c3cccc([N+](=O)[O-])c3)C(=O)[C@@H]2C1. The summed E-state index contributed by atoms with van der Waals surface area (Å²) >= 11 is 3.48. The summed E-state index contributed by atoms with van der Waals surface area (Å²) in [7, 11) is -1.13. The zero-order valence-electron chi connectivity index (χ0n) is 25.2. The lowest BCUT2D eigenvalue weighted by molar-refractivity contribution is -0.384. The van der Waals surface area contributed by atoms with E-state index in [9.17, 15) is 29.8 Å². The molecule has 2 N–H and O–H groups in total. The third-order valence-electron chi connectivity index (χ3n) is 9.15. The molecule has 1 aliphatic carbocycles. The monoisotopic (exact) mass is 685 g/mol. The van der Waals surface area contributed by atoms with Crippen molar-refractivity contribution < 1.29 is 29.3 Å². The Morgan fingerprint density at radius 2 is 1.98 bits per heavy atom. The number of nitro groups is 1. The van der Waals surface area contributed by atoms with Crippen LogP contribution in [0.15, 0.2) is 82.5 Å². The Morgan fingerprint density at radius 3 is 2.72 bits per heavy atom. The van der Waals surface area contributed by atoms with Gasteiger partial charge in [0.2, 0.25) is 11.8 Å². The van der Waals surface area contributed by atoms with Crippen LogP contribution in [0.2, 0.25) is 6.32 Å². The number of carbonyl (C=O) groups excluding carboxylic acids is 2. The number of nitrogens with zero attached hydrogens (tertiary/aromatic N) is 3. The highest BCUT2D eigenvalue weighted by molar-refractivity contribution is 9.10. The second kappa shape index (κ2) is 13.3. The molecule has 0 unspecified atom stereocenters. The lowest BCUT2D eigenvalue weighted by Gasteiger charge is -2.43. The molecule has 2 fully saturated rings. The molecule has 236 valence electrons. The van der Waals surface area contributed by atoms with E-state index < -0.39 is 41.8 Å². The number of anilines is 1. The Kier molecular flexibility index (Phi) is 9.21. The fourth-order valence-corrected chi connectivity index (χ4v) is 7.62. The molecule has 6 rings (SSSR count). The standard InChI is InChI=1S/C34H33BBrN3O7/c1-2-6-21-17-26-32(34(42)38(33(26)41)24-7-5-8-25(18-24)39(44)45)27-19-35(43)46-30(31(21)27)13-10-20(28-9-3-4-14-37-28)15-22-16-23(36)11-12-29(22)40/h3-5,7-9,11-12,14-16,18,26-27,30,32,40,43H,2,6,10,13,17,19H2,1H3/b20-15-/t26-,27+,30-,32-/m1/s1. The molecule has 4 atom stereocenters. The number of amides is 2. The van der Waals surface area contributed by atoms with Crippen LogP contribution in [-0.4, -0.2) is 45.1 Å². The quantitative estimate of drug-likeness (QED) is 0.0845. The summed E-state index contributed by atoms with van der Waals surface area (Å²) in [6.07, 6.45) is 6.19. The molecule has 3 heterocycles. The predicted molar refractivity (Wildman–Crippen MR) is 177 cm³/mol. The van der Waals surface area contributed by atoms with E-state index >= 15 is 0 Å². The van der Waals surface area contributed by atoms with Crippen LogP contribution in [0, 0.1) is 27.9 Å². The Labute approximate surface area is 275 Å². The lowest BCUT2D eigenvalue weighted by atomic mass is 9.58. The van der Waals surface area contributed by atoms with Gasteiger partial charge in [-0.1, -0.05) is 47.0 Å². The first kappa shape index (κ1) is 31.8. The number of rotatable bonds is 9. The molecule has 3 aromatic rings. The molecule has 0 saturated carbocycles. The van der Waals surface area contributed by atoms with Crippen LogP contribution in [0.3, 0.4) is 0 Å². The van der Waals surface area contributed by atoms with Crippen molar-refractivity contribution in [2.24, 2.45) is 17.8 Å². The fraction of sp³-hybridized carbons (Fsp3) is 0.324. The van der Waals surface area contributed by atoms with Gasteiger partial charge in [0, 0.05) is 28.4 Å². The van der Waals surface area contributed by atoms with Gasteiger partial charge in [-0.15, -0.1) is 0 Å².